The van der Waals surface area contributed by atoms with Crippen molar-refractivity contribution in [3.63, 3.8) is 0 Å². The number of benzene rings is 24. The minimum Gasteiger partial charge on any atom is -0.355 e. The molecular weight excluding hydrogens is 1740 g/mol. The van der Waals surface area contributed by atoms with Crippen LogP contribution in [0.3, 0.4) is 0 Å². The topological polar surface area (TPSA) is 15.3 Å². The first-order valence-electron chi connectivity index (χ1n) is 48.7. The minimum absolute atomic E-state index is 0.121. The standard InChI is InChI=1S/C68H45N.C53H33N.C15H13Br/c1-67(2)60-27-13-9-23-52(60)56-36-34-46(39-64(56)67)69(45-33-35-51-49-21-6-5-19-47(49)48-20-7-8-22-50(48)58(51)38-45)66-41-65-59(40-57(66)44-32-31-42-17-3-4-18-43(42)37-44)55-26-12-16-30-63(55)68(65)61-28-14-10-24-53(61)54-25-11-15-29-62(54)68;1-2-14-34-29-35(26-25-33(34)13-1)45-31-47-44-21-9-12-24-50(44)53(48-22-10-7-19-42(48)43-20-8-11-23-49(43)53)51(47)32-52(45)54-36-27-28-41-39-17-4-3-15-37(39)38-16-5-6-18-40(38)46(41)30-36;1-15(2)13-6-4-3-5-11(13)12-8-7-10(16)9-14(12)15/h3-41H,1-2H3;1-32,54H;3-9H,1-2H3. The van der Waals surface area contributed by atoms with Crippen molar-refractivity contribution in [2.45, 2.75) is 49.4 Å². The Morgan fingerprint density at radius 3 is 0.928 bits per heavy atom. The second-order valence-corrected chi connectivity index (χ2v) is 40.6. The normalized spacial score (nSPS) is 14.0. The molecule has 0 bridgehead atoms. The van der Waals surface area contributed by atoms with Crippen LogP contribution in [0.2, 0.25) is 0 Å². The number of halogens is 1. The minimum atomic E-state index is -0.512. The summed E-state index contributed by atoms with van der Waals surface area (Å²) in [5.41, 5.74) is 41.5. The first kappa shape index (κ1) is 80.9. The highest BCUT2D eigenvalue weighted by molar-refractivity contribution is 9.10. The lowest BCUT2D eigenvalue weighted by Crippen LogP contribution is -2.26. The van der Waals surface area contributed by atoms with Crippen LogP contribution in [0.25, 0.3) is 175 Å². The molecule has 30 rings (SSSR count). The predicted octanol–water partition coefficient (Wildman–Crippen LogP) is 36.9. The van der Waals surface area contributed by atoms with E-state index in [4.69, 9.17) is 0 Å². The van der Waals surface area contributed by atoms with E-state index in [1.54, 1.807) is 0 Å². The molecule has 0 aliphatic heterocycles. The molecule has 139 heavy (non-hydrogen) atoms. The summed E-state index contributed by atoms with van der Waals surface area (Å²) in [4.78, 5) is 2.59. The molecule has 0 radical (unpaired) electrons. The molecule has 0 saturated heterocycles. The molecule has 1 N–H and O–H groups in total. The van der Waals surface area contributed by atoms with Crippen LogP contribution in [0.1, 0.15) is 94.5 Å². The molecule has 0 heterocycles. The van der Waals surface area contributed by atoms with E-state index in [0.717, 1.165) is 32.9 Å². The SMILES string of the molecule is CC1(C)c2ccccc2-c2ccc(Br)cc21.CC1(C)c2ccccc2-c2ccc(N(c3ccc4c5ccccc5c5ccccc5c4c3)c3cc4c(cc3-c3ccc5ccccc5c3)-c3ccccc3C43c4ccccc4-c4ccccc43)cc21.c1ccc2c(c1)-c1ccccc1C21c2ccccc2-c2cc(-c3ccc4ccccc4c3)c(Nc3ccc4c5ccccc5c5ccccc5c4c3)cc21. The highest BCUT2D eigenvalue weighted by atomic mass is 79.9. The van der Waals surface area contributed by atoms with Gasteiger partial charge in [-0.25, -0.2) is 0 Å². The maximum absolute atomic E-state index is 4.03. The van der Waals surface area contributed by atoms with Gasteiger partial charge in [-0.2, -0.15) is 0 Å². The molecule has 652 valence electrons. The largest absolute Gasteiger partial charge is 0.355 e. The second kappa shape index (κ2) is 30.7. The van der Waals surface area contributed by atoms with Gasteiger partial charge < -0.3 is 10.2 Å². The molecule has 24 aromatic carbocycles. The zero-order valence-electron chi connectivity index (χ0n) is 77.4. The number of rotatable bonds is 7. The lowest BCUT2D eigenvalue weighted by molar-refractivity contribution is 0.660. The van der Waals surface area contributed by atoms with Gasteiger partial charge in [-0.15, -0.1) is 0 Å². The van der Waals surface area contributed by atoms with Crippen LogP contribution in [0, 0.1) is 0 Å². The molecule has 3 heteroatoms. The second-order valence-electron chi connectivity index (χ2n) is 39.6. The van der Waals surface area contributed by atoms with Crippen LogP contribution in [0.4, 0.5) is 28.4 Å². The number of nitrogens with one attached hydrogen (secondary N) is 1. The summed E-state index contributed by atoms with van der Waals surface area (Å²) in [5.74, 6) is 0. The lowest BCUT2D eigenvalue weighted by atomic mass is 9.70. The fraction of sp³-hybridized carbons (Fsp3) is 0.0588. The van der Waals surface area contributed by atoms with Gasteiger partial charge in [0.2, 0.25) is 0 Å². The maximum atomic E-state index is 4.03. The first-order valence-corrected chi connectivity index (χ1v) is 49.5. The Balaban J connectivity index is 0.000000120. The summed E-state index contributed by atoms with van der Waals surface area (Å²) in [6, 6.07) is 177. The maximum Gasteiger partial charge on any atom is 0.0726 e. The number of hydrogen-bond acceptors (Lipinski definition) is 2. The van der Waals surface area contributed by atoms with Gasteiger partial charge in [-0.05, 0) is 316 Å². The van der Waals surface area contributed by atoms with E-state index in [-0.39, 0.29) is 10.8 Å². The molecular formula is C136H91BrN2. The van der Waals surface area contributed by atoms with Crippen molar-refractivity contribution in [3.05, 3.63) is 544 Å². The summed E-state index contributed by atoms with van der Waals surface area (Å²) < 4.78 is 1.16. The van der Waals surface area contributed by atoms with Gasteiger partial charge in [0.05, 0.1) is 16.5 Å². The van der Waals surface area contributed by atoms with E-state index in [1.807, 2.05) is 0 Å². The summed E-state index contributed by atoms with van der Waals surface area (Å²) in [6.45, 7) is 9.38. The van der Waals surface area contributed by atoms with Crippen LogP contribution >= 0.6 is 15.9 Å². The average Bonchev–Trinajstić information content (AvgIpc) is 1.51. The van der Waals surface area contributed by atoms with Crippen molar-refractivity contribution in [2.24, 2.45) is 0 Å². The number of fused-ring (bicyclic) bond motifs is 40. The summed E-state index contributed by atoms with van der Waals surface area (Å²) in [6.07, 6.45) is 0. The monoisotopic (exact) mass is 1830 g/mol. The van der Waals surface area contributed by atoms with E-state index in [0.29, 0.717) is 0 Å². The molecule has 0 saturated carbocycles. The molecule has 2 nitrogen and oxygen atoms in total. The van der Waals surface area contributed by atoms with Crippen molar-refractivity contribution in [1.29, 1.82) is 0 Å². The lowest BCUT2D eigenvalue weighted by Gasteiger charge is -2.34. The fourth-order valence-corrected chi connectivity index (χ4v) is 26.2. The van der Waals surface area contributed by atoms with Gasteiger partial charge in [0.15, 0.2) is 0 Å². The van der Waals surface area contributed by atoms with Crippen molar-refractivity contribution in [3.8, 4) is 89.0 Å². The Bertz CT molecular complexity index is 9270. The third kappa shape index (κ3) is 11.8. The Hall–Kier alpha value is -16.6. The quantitative estimate of drug-likeness (QED) is 0.160. The molecule has 6 aliphatic carbocycles. The average molecular weight is 1830 g/mol. The van der Waals surface area contributed by atoms with Crippen molar-refractivity contribution in [2.75, 3.05) is 10.2 Å². The highest BCUT2D eigenvalue weighted by Crippen LogP contribution is 2.67. The van der Waals surface area contributed by atoms with Crippen LogP contribution < -0.4 is 10.2 Å². The smallest absolute Gasteiger partial charge is 0.0726 e. The van der Waals surface area contributed by atoms with Gasteiger partial charge in [-0.1, -0.05) is 432 Å². The van der Waals surface area contributed by atoms with E-state index >= 15 is 0 Å². The van der Waals surface area contributed by atoms with E-state index in [2.05, 4.69) is 527 Å². The molecule has 0 atom stereocenters. The van der Waals surface area contributed by atoms with Crippen LogP contribution in [0.5, 0.6) is 0 Å². The third-order valence-electron chi connectivity index (χ3n) is 32.0. The Kier molecular flexibility index (Phi) is 17.9. The number of anilines is 5. The van der Waals surface area contributed by atoms with Crippen molar-refractivity contribution >= 4 is 131 Å². The van der Waals surface area contributed by atoms with Crippen LogP contribution in [-0.2, 0) is 21.7 Å². The first-order chi connectivity index (χ1) is 68.4. The van der Waals surface area contributed by atoms with Gasteiger partial charge in [0.25, 0.3) is 0 Å². The van der Waals surface area contributed by atoms with Crippen molar-refractivity contribution in [1.82, 2.24) is 0 Å². The van der Waals surface area contributed by atoms with E-state index in [9.17, 15) is 0 Å². The molecule has 0 unspecified atom stereocenters. The molecule has 6 aliphatic rings. The van der Waals surface area contributed by atoms with Gasteiger partial charge in [-0.3, -0.25) is 0 Å². The van der Waals surface area contributed by atoms with Crippen LogP contribution in [0.15, 0.2) is 478 Å². The van der Waals surface area contributed by atoms with Gasteiger partial charge in [0, 0.05) is 49.2 Å². The Morgan fingerprint density at radius 1 is 0.187 bits per heavy atom. The fourth-order valence-electron chi connectivity index (χ4n) is 25.8. The highest BCUT2D eigenvalue weighted by Gasteiger charge is 2.54. The van der Waals surface area contributed by atoms with Crippen molar-refractivity contribution < 1.29 is 0 Å². The van der Waals surface area contributed by atoms with Gasteiger partial charge >= 0.3 is 0 Å². The molecule has 24 aromatic rings. The summed E-state index contributed by atoms with van der Waals surface area (Å²) >= 11 is 3.56. The molecule has 0 amide bonds. The predicted molar refractivity (Wildman–Crippen MR) is 590 cm³/mol. The van der Waals surface area contributed by atoms with Crippen LogP contribution in [-0.4, -0.2) is 0 Å². The van der Waals surface area contributed by atoms with E-state index < -0.39 is 10.8 Å². The Morgan fingerprint density at radius 2 is 0.489 bits per heavy atom. The van der Waals surface area contributed by atoms with Gasteiger partial charge in [0.1, 0.15) is 0 Å². The number of nitrogens with zero attached hydrogens (tertiary/aromatic N) is 1. The Labute approximate surface area is 817 Å². The zero-order valence-corrected chi connectivity index (χ0v) is 78.9. The third-order valence-corrected chi connectivity index (χ3v) is 32.5. The summed E-state index contributed by atoms with van der Waals surface area (Å²) in [5, 5.41) is 24.2. The summed E-state index contributed by atoms with van der Waals surface area (Å²) in [7, 11) is 0. The number of hydrogen-bond donors (Lipinski definition) is 1. The van der Waals surface area contributed by atoms with E-state index in [1.165, 1.54) is 242 Å². The molecule has 0 aromatic heterocycles. The molecule has 0 fully saturated rings. The molecule has 2 spiro atoms. The zero-order chi connectivity index (χ0) is 92.3.